The van der Waals surface area contributed by atoms with Gasteiger partial charge in [-0.2, -0.15) is 0 Å². The number of piperidine rings is 1. The number of methoxy groups -OCH3 is 1. The molecule has 1 saturated heterocycles. The van der Waals surface area contributed by atoms with Crippen molar-refractivity contribution in [3.63, 3.8) is 0 Å². The predicted molar refractivity (Wildman–Crippen MR) is 88.0 cm³/mol. The molecule has 2 rings (SSSR count). The molecular weight excluding hydrogens is 300 g/mol. The van der Waals surface area contributed by atoms with Crippen LogP contribution in [0.4, 0.5) is 0 Å². The molecule has 5 nitrogen and oxygen atoms in total. The Morgan fingerprint density at radius 1 is 1.32 bits per heavy atom. The van der Waals surface area contributed by atoms with E-state index >= 15 is 0 Å². The number of carbonyl (C=O) groups excluding carboxylic acids is 1. The van der Waals surface area contributed by atoms with Crippen molar-refractivity contribution in [2.75, 3.05) is 32.5 Å². The van der Waals surface area contributed by atoms with Crippen LogP contribution >= 0.6 is 0 Å². The lowest BCUT2D eigenvalue weighted by molar-refractivity contribution is -0.146. The monoisotopic (exact) mass is 324 g/mol. The van der Waals surface area contributed by atoms with Crippen LogP contribution in [0.25, 0.3) is 0 Å². The van der Waals surface area contributed by atoms with E-state index in [1.165, 1.54) is 0 Å². The lowest BCUT2D eigenvalue weighted by Gasteiger charge is -2.34. The summed E-state index contributed by atoms with van der Waals surface area (Å²) in [6.07, 6.45) is 1.34. The summed E-state index contributed by atoms with van der Waals surface area (Å²) in [5.74, 6) is 0.891. The largest absolute Gasteiger partial charge is 0.368 e. The van der Waals surface area contributed by atoms with Gasteiger partial charge in [0.1, 0.15) is 5.60 Å². The minimum Gasteiger partial charge on any atom is -0.368 e. The van der Waals surface area contributed by atoms with Gasteiger partial charge in [0.2, 0.25) is 0 Å². The Balaban J connectivity index is 1.75. The number of nitrogens with one attached hydrogen (secondary N) is 2. The second kappa shape index (κ2) is 8.41. The van der Waals surface area contributed by atoms with E-state index in [9.17, 15) is 9.00 Å². The van der Waals surface area contributed by atoms with Crippen molar-refractivity contribution in [3.8, 4) is 0 Å². The molecule has 2 N–H and O–H groups in total. The molecule has 1 fully saturated rings. The summed E-state index contributed by atoms with van der Waals surface area (Å²) in [7, 11) is 0.606. The molecule has 0 bridgehead atoms. The predicted octanol–water partition coefficient (Wildman–Crippen LogP) is 0.820. The minimum atomic E-state index is -0.976. The molecule has 122 valence electrons. The van der Waals surface area contributed by atoms with Crippen molar-refractivity contribution in [1.82, 2.24) is 10.6 Å². The van der Waals surface area contributed by atoms with Gasteiger partial charge in [-0.25, -0.2) is 0 Å². The zero-order chi connectivity index (χ0) is 15.8. The molecule has 0 aliphatic carbocycles. The van der Waals surface area contributed by atoms with E-state index in [1.807, 2.05) is 30.3 Å². The Morgan fingerprint density at radius 3 is 2.64 bits per heavy atom. The van der Waals surface area contributed by atoms with E-state index in [1.54, 1.807) is 7.11 Å². The van der Waals surface area contributed by atoms with Crippen LogP contribution in [0.5, 0.6) is 0 Å². The first-order valence-corrected chi connectivity index (χ1v) is 9.08. The number of hydrogen-bond acceptors (Lipinski definition) is 4. The van der Waals surface area contributed by atoms with Crippen LogP contribution < -0.4 is 10.6 Å². The van der Waals surface area contributed by atoms with Crippen molar-refractivity contribution in [3.05, 3.63) is 35.9 Å². The highest BCUT2D eigenvalue weighted by Crippen LogP contribution is 2.22. The Bertz CT molecular complexity index is 501. The maximum absolute atomic E-state index is 12.3. The summed E-state index contributed by atoms with van der Waals surface area (Å²) in [5, 5.41) is 6.10. The van der Waals surface area contributed by atoms with Crippen LogP contribution in [0.1, 0.15) is 18.4 Å². The van der Waals surface area contributed by atoms with Crippen molar-refractivity contribution < 1.29 is 13.7 Å². The fourth-order valence-electron chi connectivity index (χ4n) is 2.63. The van der Waals surface area contributed by atoms with Crippen LogP contribution in [-0.2, 0) is 26.1 Å². The molecule has 6 heteroatoms. The van der Waals surface area contributed by atoms with Crippen molar-refractivity contribution in [2.45, 2.75) is 24.2 Å². The van der Waals surface area contributed by atoms with Gasteiger partial charge in [-0.15, -0.1) is 0 Å². The third kappa shape index (κ3) is 4.63. The number of carbonyl (C=O) groups is 1. The molecule has 1 aliphatic heterocycles. The lowest BCUT2D eigenvalue weighted by Crippen LogP contribution is -2.54. The third-order valence-electron chi connectivity index (χ3n) is 4.00. The third-order valence-corrected chi connectivity index (χ3v) is 5.32. The molecule has 0 radical (unpaired) electrons. The van der Waals surface area contributed by atoms with E-state index in [2.05, 4.69) is 10.6 Å². The number of ether oxygens (including phenoxy) is 1. The summed E-state index contributed by atoms with van der Waals surface area (Å²) in [6, 6.07) is 9.74. The molecule has 1 atom stereocenters. The van der Waals surface area contributed by atoms with E-state index in [4.69, 9.17) is 4.74 Å². The van der Waals surface area contributed by atoms with Crippen LogP contribution in [0, 0.1) is 0 Å². The summed E-state index contributed by atoms with van der Waals surface area (Å²) < 4.78 is 17.5. The van der Waals surface area contributed by atoms with Crippen LogP contribution in [-0.4, -0.2) is 48.2 Å². The average molecular weight is 324 g/mol. The first kappa shape index (κ1) is 17.1. The smallest absolute Gasteiger partial charge is 0.252 e. The lowest BCUT2D eigenvalue weighted by atomic mass is 9.91. The van der Waals surface area contributed by atoms with Gasteiger partial charge in [0.15, 0.2) is 0 Å². The topological polar surface area (TPSA) is 67.4 Å². The summed E-state index contributed by atoms with van der Waals surface area (Å²) in [5.41, 5.74) is 0.325. The van der Waals surface area contributed by atoms with Crippen LogP contribution in [0.3, 0.4) is 0 Å². The highest BCUT2D eigenvalue weighted by atomic mass is 32.2. The maximum Gasteiger partial charge on any atom is 0.252 e. The van der Waals surface area contributed by atoms with Crippen LogP contribution in [0.2, 0.25) is 0 Å². The highest BCUT2D eigenvalue weighted by Gasteiger charge is 2.39. The Kier molecular flexibility index (Phi) is 6.54. The Labute approximate surface area is 134 Å². The molecular formula is C16H24N2O3S. The van der Waals surface area contributed by atoms with E-state index < -0.39 is 16.4 Å². The van der Waals surface area contributed by atoms with Gasteiger partial charge in [-0.1, -0.05) is 30.3 Å². The van der Waals surface area contributed by atoms with E-state index in [0.717, 1.165) is 18.7 Å². The van der Waals surface area contributed by atoms with Gasteiger partial charge in [0, 0.05) is 36.0 Å². The quantitative estimate of drug-likeness (QED) is 0.779. The Morgan fingerprint density at radius 2 is 2.00 bits per heavy atom. The second-order valence-electron chi connectivity index (χ2n) is 5.48. The highest BCUT2D eigenvalue weighted by molar-refractivity contribution is 7.84. The molecule has 1 unspecified atom stereocenters. The summed E-state index contributed by atoms with van der Waals surface area (Å²) in [4.78, 5) is 12.3. The van der Waals surface area contributed by atoms with Gasteiger partial charge in [-0.3, -0.25) is 9.00 Å². The molecule has 1 aromatic carbocycles. The molecule has 0 saturated carbocycles. The van der Waals surface area contributed by atoms with Gasteiger partial charge < -0.3 is 15.4 Å². The van der Waals surface area contributed by atoms with Gasteiger partial charge in [0.25, 0.3) is 5.91 Å². The van der Waals surface area contributed by atoms with Crippen LogP contribution in [0.15, 0.2) is 30.3 Å². The molecule has 1 aliphatic rings. The Hall–Kier alpha value is -1.24. The first-order chi connectivity index (χ1) is 10.7. The minimum absolute atomic E-state index is 0.0896. The fraction of sp³-hybridized carbons (Fsp3) is 0.562. The van der Waals surface area contributed by atoms with Crippen molar-refractivity contribution >= 4 is 16.7 Å². The van der Waals surface area contributed by atoms with E-state index in [-0.39, 0.29) is 5.91 Å². The zero-order valence-corrected chi connectivity index (χ0v) is 13.8. The molecule has 0 spiro atoms. The molecule has 1 heterocycles. The van der Waals surface area contributed by atoms with Crippen molar-refractivity contribution in [2.24, 2.45) is 0 Å². The van der Waals surface area contributed by atoms with Gasteiger partial charge in [-0.05, 0) is 31.5 Å². The maximum atomic E-state index is 12.3. The zero-order valence-electron chi connectivity index (χ0n) is 13.0. The number of benzene rings is 1. The van der Waals surface area contributed by atoms with Gasteiger partial charge in [0.05, 0.1) is 0 Å². The summed E-state index contributed by atoms with van der Waals surface area (Å²) in [6.45, 7) is 1.97. The first-order valence-electron chi connectivity index (χ1n) is 7.59. The number of hydrogen-bond donors (Lipinski definition) is 2. The molecule has 1 amide bonds. The molecule has 1 aromatic rings. The average Bonchev–Trinajstić information content (AvgIpc) is 2.56. The standard InChI is InChI=1S/C16H24N2O3S/c1-21-16(7-9-17-10-8-16)15(19)18-11-12-22(20)13-14-5-3-2-4-6-14/h2-6,17H,7-13H2,1H3,(H,18,19). The number of rotatable bonds is 7. The molecule has 22 heavy (non-hydrogen) atoms. The van der Waals surface area contributed by atoms with E-state index in [0.29, 0.717) is 30.9 Å². The second-order valence-corrected chi connectivity index (χ2v) is 7.05. The molecule has 0 aromatic heterocycles. The summed E-state index contributed by atoms with van der Waals surface area (Å²) >= 11 is 0. The van der Waals surface area contributed by atoms with Gasteiger partial charge >= 0.3 is 0 Å². The number of amides is 1. The normalized spacial score (nSPS) is 18.6. The SMILES string of the molecule is COC1(C(=O)NCCS(=O)Cc2ccccc2)CCNCC1. The fourth-order valence-corrected chi connectivity index (χ4v) is 3.66. The van der Waals surface area contributed by atoms with Crippen molar-refractivity contribution in [1.29, 1.82) is 0 Å².